The monoisotopic (exact) mass is 302 g/mol. The van der Waals surface area contributed by atoms with Gasteiger partial charge in [0.15, 0.2) is 0 Å². The zero-order valence-corrected chi connectivity index (χ0v) is 13.4. The number of hydrogen-bond donors (Lipinski definition) is 0. The van der Waals surface area contributed by atoms with Gasteiger partial charge in [-0.25, -0.2) is 0 Å². The minimum atomic E-state index is 0.433. The molecule has 104 valence electrons. The van der Waals surface area contributed by atoms with Gasteiger partial charge in [0.2, 0.25) is 0 Å². The van der Waals surface area contributed by atoms with E-state index in [0.29, 0.717) is 30.2 Å². The maximum atomic E-state index is 8.98. The molecule has 2 heterocycles. The van der Waals surface area contributed by atoms with Gasteiger partial charge in [0, 0.05) is 18.7 Å². The summed E-state index contributed by atoms with van der Waals surface area (Å²) in [4.78, 5) is 0. The molecule has 0 aliphatic heterocycles. The summed E-state index contributed by atoms with van der Waals surface area (Å²) in [5, 5.41) is 12.3. The minimum Gasteiger partial charge on any atom is -0.335 e. The maximum absolute atomic E-state index is 8.98. The Bertz CT molecular complexity index is 722. The van der Waals surface area contributed by atoms with Gasteiger partial charge in [-0.2, -0.15) is 5.26 Å². The van der Waals surface area contributed by atoms with Gasteiger partial charge in [-0.05, 0) is 47.1 Å². The van der Waals surface area contributed by atoms with Crippen molar-refractivity contribution in [2.24, 2.45) is 17.8 Å². The van der Waals surface area contributed by atoms with E-state index in [1.165, 1.54) is 10.1 Å². The van der Waals surface area contributed by atoms with Crippen LogP contribution < -0.4 is 0 Å². The summed E-state index contributed by atoms with van der Waals surface area (Å²) in [6.07, 6.45) is 3.87. The van der Waals surface area contributed by atoms with Crippen molar-refractivity contribution in [3.63, 3.8) is 0 Å². The van der Waals surface area contributed by atoms with E-state index < -0.39 is 0 Å². The molecular formula is C16H18N2S2. The number of rotatable bonds is 2. The quantitative estimate of drug-likeness (QED) is 0.715. The topological polar surface area (TPSA) is 28.7 Å². The second-order valence-corrected chi connectivity index (χ2v) is 7.18. The highest BCUT2D eigenvalue weighted by molar-refractivity contribution is 7.71. The van der Waals surface area contributed by atoms with Gasteiger partial charge in [-0.15, -0.1) is 11.3 Å². The highest BCUT2D eigenvalue weighted by atomic mass is 32.1. The van der Waals surface area contributed by atoms with E-state index in [-0.39, 0.29) is 0 Å². The number of nitrogens with zero attached hydrogens (tertiary/aromatic N) is 2. The van der Waals surface area contributed by atoms with Crippen LogP contribution in [0.3, 0.4) is 0 Å². The molecule has 3 rings (SSSR count). The Kier molecular flexibility index (Phi) is 3.66. The van der Waals surface area contributed by atoms with Gasteiger partial charge in [0.05, 0.1) is 10.8 Å². The summed E-state index contributed by atoms with van der Waals surface area (Å²) in [6, 6.07) is 7.06. The van der Waals surface area contributed by atoms with Crippen LogP contribution in [0.4, 0.5) is 0 Å². The molecule has 2 nitrogen and oxygen atoms in total. The largest absolute Gasteiger partial charge is 0.335 e. The Hall–Kier alpha value is -1.18. The summed E-state index contributed by atoms with van der Waals surface area (Å²) >= 11 is 7.41. The van der Waals surface area contributed by atoms with Crippen molar-refractivity contribution < 1.29 is 0 Å². The van der Waals surface area contributed by atoms with E-state index in [9.17, 15) is 0 Å². The normalized spacial score (nSPS) is 29.6. The Balaban J connectivity index is 2.01. The lowest BCUT2D eigenvalue weighted by Crippen LogP contribution is -2.15. The third kappa shape index (κ3) is 2.10. The zero-order valence-electron chi connectivity index (χ0n) is 11.7. The SMILES string of the molecule is CC1C(CC#N)CC(n2ccc3ccsc3c2=S)C1C. The number of pyridine rings is 1. The molecular weight excluding hydrogens is 284 g/mol. The van der Waals surface area contributed by atoms with Crippen LogP contribution in [0.15, 0.2) is 23.7 Å². The van der Waals surface area contributed by atoms with Crippen molar-refractivity contribution >= 4 is 33.6 Å². The molecule has 4 atom stereocenters. The molecule has 20 heavy (non-hydrogen) atoms. The first-order chi connectivity index (χ1) is 9.63. The molecule has 2 aromatic rings. The first kappa shape index (κ1) is 13.8. The first-order valence-corrected chi connectivity index (χ1v) is 8.37. The van der Waals surface area contributed by atoms with E-state index in [0.717, 1.165) is 11.1 Å². The van der Waals surface area contributed by atoms with E-state index in [2.05, 4.69) is 48.2 Å². The van der Waals surface area contributed by atoms with Crippen molar-refractivity contribution in [1.82, 2.24) is 4.57 Å². The fourth-order valence-electron chi connectivity index (χ4n) is 3.50. The molecule has 0 radical (unpaired) electrons. The van der Waals surface area contributed by atoms with Crippen molar-refractivity contribution in [1.29, 1.82) is 5.26 Å². The molecule has 1 aliphatic carbocycles. The van der Waals surface area contributed by atoms with Crippen LogP contribution >= 0.6 is 23.6 Å². The van der Waals surface area contributed by atoms with Gasteiger partial charge in [0.25, 0.3) is 0 Å². The number of thiophene rings is 1. The Morgan fingerprint density at radius 2 is 2.20 bits per heavy atom. The lowest BCUT2D eigenvalue weighted by molar-refractivity contribution is 0.329. The van der Waals surface area contributed by atoms with Crippen LogP contribution in [0.1, 0.15) is 32.7 Å². The molecule has 2 aromatic heterocycles. The van der Waals surface area contributed by atoms with Crippen molar-refractivity contribution in [2.75, 3.05) is 0 Å². The van der Waals surface area contributed by atoms with Gasteiger partial charge in [0.1, 0.15) is 4.64 Å². The fourth-order valence-corrected chi connectivity index (χ4v) is 4.79. The molecule has 1 fully saturated rings. The van der Waals surface area contributed by atoms with Crippen molar-refractivity contribution in [3.05, 3.63) is 28.4 Å². The molecule has 0 aromatic carbocycles. The Morgan fingerprint density at radius 1 is 1.40 bits per heavy atom. The predicted octanol–water partition coefficient (Wildman–Crippen LogP) is 5.18. The minimum absolute atomic E-state index is 0.433. The van der Waals surface area contributed by atoms with Crippen LogP contribution in [0.2, 0.25) is 0 Å². The molecule has 0 bridgehead atoms. The van der Waals surface area contributed by atoms with E-state index >= 15 is 0 Å². The summed E-state index contributed by atoms with van der Waals surface area (Å²) < 4.78 is 4.44. The maximum Gasteiger partial charge on any atom is 0.124 e. The second kappa shape index (κ2) is 5.31. The summed E-state index contributed by atoms with van der Waals surface area (Å²) in [7, 11) is 0. The van der Waals surface area contributed by atoms with E-state index in [4.69, 9.17) is 17.5 Å². The van der Waals surface area contributed by atoms with Gasteiger partial charge in [-0.1, -0.05) is 26.1 Å². The number of nitriles is 1. The third-order valence-electron chi connectivity index (χ3n) is 4.97. The molecule has 0 saturated heterocycles. The molecule has 4 heteroatoms. The predicted molar refractivity (Wildman–Crippen MR) is 86.4 cm³/mol. The fraction of sp³-hybridized carbons (Fsp3) is 0.500. The van der Waals surface area contributed by atoms with E-state index in [1.54, 1.807) is 11.3 Å². The average Bonchev–Trinajstić information content (AvgIpc) is 3.01. The van der Waals surface area contributed by atoms with Crippen LogP contribution in [0.5, 0.6) is 0 Å². The molecule has 0 spiro atoms. The summed E-state index contributed by atoms with van der Waals surface area (Å²) in [5.41, 5.74) is 0. The smallest absolute Gasteiger partial charge is 0.124 e. The highest BCUT2D eigenvalue weighted by Crippen LogP contribution is 2.46. The van der Waals surface area contributed by atoms with Crippen molar-refractivity contribution in [3.8, 4) is 6.07 Å². The molecule has 0 amide bonds. The Labute approximate surface area is 128 Å². The third-order valence-corrected chi connectivity index (χ3v) is 6.46. The summed E-state index contributed by atoms with van der Waals surface area (Å²) in [6.45, 7) is 4.58. The first-order valence-electron chi connectivity index (χ1n) is 7.08. The molecule has 1 aliphatic rings. The van der Waals surface area contributed by atoms with Gasteiger partial charge < -0.3 is 4.57 Å². The molecule has 0 N–H and O–H groups in total. The van der Waals surface area contributed by atoms with Gasteiger partial charge >= 0.3 is 0 Å². The standard InChI is InChI=1S/C16H18N2S2/c1-10-11(2)14(9-13(10)3-6-17)18-7-4-12-5-8-20-15(12)16(18)19/h4-5,7-8,10-11,13-14H,3,9H2,1-2H3. The summed E-state index contributed by atoms with van der Waals surface area (Å²) in [5.74, 6) is 1.65. The number of hydrogen-bond acceptors (Lipinski definition) is 3. The Morgan fingerprint density at radius 3 is 2.95 bits per heavy atom. The second-order valence-electron chi connectivity index (χ2n) is 5.88. The van der Waals surface area contributed by atoms with Gasteiger partial charge in [-0.3, -0.25) is 0 Å². The van der Waals surface area contributed by atoms with Crippen LogP contribution in [0, 0.1) is 33.7 Å². The van der Waals surface area contributed by atoms with Crippen LogP contribution in [-0.2, 0) is 0 Å². The van der Waals surface area contributed by atoms with Crippen LogP contribution in [-0.4, -0.2) is 4.57 Å². The average molecular weight is 302 g/mol. The molecule has 1 saturated carbocycles. The lowest BCUT2D eigenvalue weighted by atomic mass is 9.90. The van der Waals surface area contributed by atoms with E-state index in [1.807, 2.05) is 0 Å². The number of fused-ring (bicyclic) bond motifs is 1. The van der Waals surface area contributed by atoms with Crippen LogP contribution in [0.25, 0.3) is 10.1 Å². The zero-order chi connectivity index (χ0) is 14.3. The lowest BCUT2D eigenvalue weighted by Gasteiger charge is -2.22. The highest BCUT2D eigenvalue weighted by Gasteiger charge is 2.38. The van der Waals surface area contributed by atoms with Crippen molar-refractivity contribution in [2.45, 2.75) is 32.7 Å². The number of aromatic nitrogens is 1. The molecule has 4 unspecified atom stereocenters.